The number of alkyl halides is 3. The highest BCUT2D eigenvalue weighted by Crippen LogP contribution is 2.37. The first-order valence-electron chi connectivity index (χ1n) is 8.54. The van der Waals surface area contributed by atoms with E-state index in [1.807, 2.05) is 18.2 Å². The van der Waals surface area contributed by atoms with Gasteiger partial charge in [-0.25, -0.2) is 9.37 Å². The third kappa shape index (κ3) is 5.58. The van der Waals surface area contributed by atoms with E-state index in [1.54, 1.807) is 18.3 Å². The maximum Gasteiger partial charge on any atom is 0.416 e. The third-order valence-electron chi connectivity index (χ3n) is 3.85. The molecule has 4 aromatic rings. The molecule has 0 amide bonds. The molecule has 2 aromatic heterocycles. The lowest BCUT2D eigenvalue weighted by Crippen LogP contribution is -2.03. The van der Waals surface area contributed by atoms with Gasteiger partial charge in [0.15, 0.2) is 5.13 Å². The van der Waals surface area contributed by atoms with Crippen LogP contribution in [-0.2, 0) is 6.18 Å². The molecule has 0 saturated carbocycles. The lowest BCUT2D eigenvalue weighted by Gasteiger charge is -2.05. The van der Waals surface area contributed by atoms with Crippen LogP contribution >= 0.6 is 24.0 Å². The number of anilines is 1. The summed E-state index contributed by atoms with van der Waals surface area (Å²) in [6.07, 6.45) is -2.54. The number of hydrogen-bond acceptors (Lipinski definition) is 5. The van der Waals surface area contributed by atoms with E-state index in [4.69, 9.17) is 5.73 Å². The Balaban J connectivity index is 0.000000199. The summed E-state index contributed by atoms with van der Waals surface area (Å²) in [6, 6.07) is 16.5. The molecule has 2 heterocycles. The summed E-state index contributed by atoms with van der Waals surface area (Å²) in [5.74, 6) is -0.263. The Morgan fingerprint density at radius 2 is 1.57 bits per heavy atom. The van der Waals surface area contributed by atoms with Crippen molar-refractivity contribution in [2.75, 3.05) is 5.73 Å². The van der Waals surface area contributed by atoms with Crippen molar-refractivity contribution >= 4 is 29.1 Å². The van der Waals surface area contributed by atoms with Crippen LogP contribution in [0.2, 0.25) is 0 Å². The van der Waals surface area contributed by atoms with E-state index < -0.39 is 11.7 Å². The van der Waals surface area contributed by atoms with Gasteiger partial charge in [-0.15, -0.1) is 12.6 Å². The minimum absolute atomic E-state index is 0.263. The van der Waals surface area contributed by atoms with Crippen molar-refractivity contribution in [1.29, 1.82) is 0 Å². The highest BCUT2D eigenvalue weighted by Gasteiger charge is 2.29. The summed E-state index contributed by atoms with van der Waals surface area (Å²) in [5.41, 5.74) is 7.52. The van der Waals surface area contributed by atoms with E-state index in [-0.39, 0.29) is 5.82 Å². The van der Waals surface area contributed by atoms with Crippen LogP contribution in [0.3, 0.4) is 0 Å². The van der Waals surface area contributed by atoms with Crippen LogP contribution in [-0.4, -0.2) is 9.97 Å². The third-order valence-corrected chi connectivity index (χ3v) is 5.08. The van der Waals surface area contributed by atoms with Gasteiger partial charge < -0.3 is 5.73 Å². The van der Waals surface area contributed by atoms with Crippen LogP contribution in [0.1, 0.15) is 5.56 Å². The van der Waals surface area contributed by atoms with Crippen molar-refractivity contribution in [3.05, 3.63) is 84.3 Å². The fourth-order valence-corrected chi connectivity index (χ4v) is 3.46. The lowest BCUT2D eigenvalue weighted by atomic mass is 10.1. The standard InChI is InChI=1S/C14H10FN3S.C7H5F3S/c15-10-6-4-9(5-7-10)13-12(18-14(16)19-13)11-3-1-2-8-17-11;8-7(9,10)5-1-3-6(11)4-2-5/h1-8H,(H2,16,18);1-4,11H. The largest absolute Gasteiger partial charge is 0.416 e. The lowest BCUT2D eigenvalue weighted by molar-refractivity contribution is -0.137. The molecule has 0 atom stereocenters. The van der Waals surface area contributed by atoms with Crippen LogP contribution in [0.15, 0.2) is 77.8 Å². The zero-order chi connectivity index (χ0) is 21.7. The highest BCUT2D eigenvalue weighted by molar-refractivity contribution is 7.80. The van der Waals surface area contributed by atoms with Crippen LogP contribution in [0.4, 0.5) is 22.7 Å². The minimum atomic E-state index is -4.25. The molecule has 0 radical (unpaired) electrons. The molecule has 154 valence electrons. The minimum Gasteiger partial charge on any atom is -0.375 e. The second-order valence-electron chi connectivity index (χ2n) is 6.00. The SMILES string of the molecule is FC(F)(F)c1ccc(S)cc1.Nc1nc(-c2ccccn2)c(-c2ccc(F)cc2)s1. The topological polar surface area (TPSA) is 51.8 Å². The number of nitrogen functional groups attached to an aromatic ring is 1. The number of thiazole rings is 1. The zero-order valence-corrected chi connectivity index (χ0v) is 17.0. The Bertz CT molecular complexity index is 1090. The molecular weight excluding hydrogens is 434 g/mol. The number of rotatable bonds is 2. The fraction of sp³-hybridized carbons (Fsp3) is 0.0476. The summed E-state index contributed by atoms with van der Waals surface area (Å²) in [6.45, 7) is 0. The predicted molar refractivity (Wildman–Crippen MR) is 114 cm³/mol. The molecule has 0 aliphatic rings. The van der Waals surface area contributed by atoms with Crippen molar-refractivity contribution in [2.24, 2.45) is 0 Å². The summed E-state index contributed by atoms with van der Waals surface area (Å²) in [5, 5.41) is 0.472. The normalized spacial score (nSPS) is 11.0. The average Bonchev–Trinajstić information content (AvgIpc) is 3.11. The van der Waals surface area contributed by atoms with Crippen molar-refractivity contribution in [3.8, 4) is 21.8 Å². The number of nitrogens with zero attached hydrogens (tertiary/aromatic N) is 2. The number of hydrogen-bond donors (Lipinski definition) is 2. The van der Waals surface area contributed by atoms with E-state index >= 15 is 0 Å². The Morgan fingerprint density at radius 3 is 2.13 bits per heavy atom. The van der Waals surface area contributed by atoms with E-state index in [2.05, 4.69) is 22.6 Å². The monoisotopic (exact) mass is 449 g/mol. The Labute approximate surface area is 179 Å². The molecule has 0 spiro atoms. The van der Waals surface area contributed by atoms with E-state index in [0.717, 1.165) is 34.0 Å². The van der Waals surface area contributed by atoms with E-state index in [0.29, 0.717) is 10.0 Å². The van der Waals surface area contributed by atoms with Gasteiger partial charge in [0.05, 0.1) is 16.1 Å². The summed E-state index contributed by atoms with van der Waals surface area (Å²) < 4.78 is 48.7. The number of aromatic nitrogens is 2. The van der Waals surface area contributed by atoms with Gasteiger partial charge >= 0.3 is 6.18 Å². The van der Waals surface area contributed by atoms with Crippen LogP contribution in [0.5, 0.6) is 0 Å². The van der Waals surface area contributed by atoms with Crippen molar-refractivity contribution in [2.45, 2.75) is 11.1 Å². The maximum atomic E-state index is 13.0. The first-order chi connectivity index (χ1) is 14.2. The predicted octanol–water partition coefficient (Wildman–Crippen LogP) is 6.59. The first-order valence-corrected chi connectivity index (χ1v) is 9.80. The molecular formula is C21H15F4N3S2. The van der Waals surface area contributed by atoms with E-state index in [1.165, 1.54) is 35.6 Å². The van der Waals surface area contributed by atoms with Gasteiger partial charge in [0.25, 0.3) is 0 Å². The molecule has 3 nitrogen and oxygen atoms in total. The molecule has 0 bridgehead atoms. The quantitative estimate of drug-likeness (QED) is 0.268. The molecule has 4 rings (SSSR count). The summed E-state index contributed by atoms with van der Waals surface area (Å²) in [4.78, 5) is 10.0. The smallest absolute Gasteiger partial charge is 0.375 e. The molecule has 0 aliphatic heterocycles. The maximum absolute atomic E-state index is 13.0. The van der Waals surface area contributed by atoms with Crippen molar-refractivity contribution in [3.63, 3.8) is 0 Å². The molecule has 9 heteroatoms. The summed E-state index contributed by atoms with van der Waals surface area (Å²) in [7, 11) is 0. The van der Waals surface area contributed by atoms with Gasteiger partial charge in [-0.1, -0.05) is 29.5 Å². The summed E-state index contributed by atoms with van der Waals surface area (Å²) >= 11 is 5.23. The Morgan fingerprint density at radius 1 is 0.900 bits per heavy atom. The van der Waals surface area contributed by atoms with Gasteiger partial charge in [0.1, 0.15) is 11.5 Å². The highest BCUT2D eigenvalue weighted by atomic mass is 32.1. The number of nitrogens with two attached hydrogens (primary N) is 1. The Hall–Kier alpha value is -2.91. The fourth-order valence-electron chi connectivity index (χ4n) is 2.46. The number of thiol groups is 1. The molecule has 0 unspecified atom stereocenters. The second kappa shape index (κ2) is 9.27. The zero-order valence-electron chi connectivity index (χ0n) is 15.3. The average molecular weight is 449 g/mol. The molecule has 0 saturated heterocycles. The molecule has 0 fully saturated rings. The number of benzene rings is 2. The molecule has 2 aromatic carbocycles. The van der Waals surface area contributed by atoms with Gasteiger partial charge in [-0.05, 0) is 54.1 Å². The molecule has 30 heavy (non-hydrogen) atoms. The van der Waals surface area contributed by atoms with Crippen molar-refractivity contribution in [1.82, 2.24) is 9.97 Å². The Kier molecular flexibility index (Phi) is 6.73. The van der Waals surface area contributed by atoms with Crippen LogP contribution in [0.25, 0.3) is 21.8 Å². The van der Waals surface area contributed by atoms with E-state index in [9.17, 15) is 17.6 Å². The number of pyridine rings is 1. The van der Waals surface area contributed by atoms with Gasteiger partial charge in [0.2, 0.25) is 0 Å². The number of halogens is 4. The second-order valence-corrected chi connectivity index (χ2v) is 7.54. The van der Waals surface area contributed by atoms with Gasteiger partial charge in [-0.3, -0.25) is 4.98 Å². The first kappa shape index (κ1) is 21.8. The van der Waals surface area contributed by atoms with Crippen LogP contribution in [0, 0.1) is 5.82 Å². The van der Waals surface area contributed by atoms with Gasteiger partial charge in [0, 0.05) is 11.1 Å². The van der Waals surface area contributed by atoms with Crippen molar-refractivity contribution < 1.29 is 17.6 Å². The molecule has 2 N–H and O–H groups in total. The molecule has 0 aliphatic carbocycles. The van der Waals surface area contributed by atoms with Gasteiger partial charge in [-0.2, -0.15) is 13.2 Å². The van der Waals surface area contributed by atoms with Crippen LogP contribution < -0.4 is 5.73 Å².